The summed E-state index contributed by atoms with van der Waals surface area (Å²) in [4.78, 5) is 5.04. The van der Waals surface area contributed by atoms with Gasteiger partial charge in [0.25, 0.3) is 6.71 Å². The Hall–Kier alpha value is -6.00. The Kier molecular flexibility index (Phi) is 6.30. The number of nitrogens with zero attached hydrogens (tertiary/aromatic N) is 3. The van der Waals surface area contributed by atoms with Crippen LogP contribution >= 0.6 is 0 Å². The molecule has 4 heterocycles. The molecule has 3 nitrogen and oxygen atoms in total. The van der Waals surface area contributed by atoms with E-state index in [1.165, 1.54) is 99.7 Å². The topological polar surface area (TPSA) is 10.9 Å². The normalized spacial score (nSPS) is 14.0. The zero-order valence-electron chi connectivity index (χ0n) is 31.8. The third-order valence-electron chi connectivity index (χ3n) is 12.2. The summed E-state index contributed by atoms with van der Waals surface area (Å²) in [6.45, 7) is 13.9. The third-order valence-corrected chi connectivity index (χ3v) is 12.2. The van der Waals surface area contributed by atoms with Crippen molar-refractivity contribution < 1.29 is 0 Å². The number of fused-ring (bicyclic) bond motifs is 10. The standard InChI is InChI=1S/C50H42BN3/c1-49(2,3)31-22-25-34(26-23-31)52-42-27-24-32(50(4,5)6)28-39(42)51-40-29-38-37-18-12-17-36-35-16-10-11-19-41(35)54(48(36)37)45(38)30-46(40)53(33-14-8-7-9-15-33)44-21-13-20-43(52)47(44)51/h7-30H,1-6H3. The summed E-state index contributed by atoms with van der Waals surface area (Å²) in [5.74, 6) is 0. The minimum Gasteiger partial charge on any atom is -0.311 e. The highest BCUT2D eigenvalue weighted by molar-refractivity contribution is 7.00. The van der Waals surface area contributed by atoms with Gasteiger partial charge in [-0.15, -0.1) is 0 Å². The minimum absolute atomic E-state index is 0.000245. The largest absolute Gasteiger partial charge is 0.311 e. The Morgan fingerprint density at radius 1 is 0.407 bits per heavy atom. The molecule has 0 aliphatic carbocycles. The predicted molar refractivity (Wildman–Crippen MR) is 233 cm³/mol. The van der Waals surface area contributed by atoms with Crippen LogP contribution in [0.5, 0.6) is 0 Å². The van der Waals surface area contributed by atoms with Crippen LogP contribution in [-0.4, -0.2) is 11.1 Å². The van der Waals surface area contributed by atoms with Crippen LogP contribution in [0.1, 0.15) is 52.7 Å². The highest BCUT2D eigenvalue weighted by atomic mass is 15.2. The van der Waals surface area contributed by atoms with E-state index in [-0.39, 0.29) is 17.5 Å². The summed E-state index contributed by atoms with van der Waals surface area (Å²) in [5, 5.41) is 5.24. The van der Waals surface area contributed by atoms with Crippen LogP contribution in [0.15, 0.2) is 146 Å². The molecule has 260 valence electrons. The lowest BCUT2D eigenvalue weighted by atomic mass is 9.33. The van der Waals surface area contributed by atoms with E-state index in [4.69, 9.17) is 0 Å². The predicted octanol–water partition coefficient (Wildman–Crippen LogP) is 11.5. The maximum absolute atomic E-state index is 2.54. The molecule has 0 bridgehead atoms. The summed E-state index contributed by atoms with van der Waals surface area (Å²) in [7, 11) is 0. The molecule has 9 aromatic rings. The fraction of sp³-hybridized carbons (Fsp3) is 0.160. The van der Waals surface area contributed by atoms with Gasteiger partial charge in [0, 0.05) is 55.7 Å². The van der Waals surface area contributed by atoms with Crippen molar-refractivity contribution in [1.82, 2.24) is 4.40 Å². The SMILES string of the molecule is CC(C)(C)c1ccc(N2c3ccc(C(C)(C)C)cc3B3c4cc5c6cccc7c8ccccc8n(c5cc4N(c4ccccc4)c4cccc2c43)c76)cc1. The Bertz CT molecular complexity index is 2960. The van der Waals surface area contributed by atoms with Gasteiger partial charge in [0.15, 0.2) is 0 Å². The quantitative estimate of drug-likeness (QED) is 0.167. The number of hydrogen-bond donors (Lipinski definition) is 0. The van der Waals surface area contributed by atoms with Crippen molar-refractivity contribution in [2.75, 3.05) is 9.80 Å². The van der Waals surface area contributed by atoms with Crippen LogP contribution in [0.3, 0.4) is 0 Å². The lowest BCUT2D eigenvalue weighted by Crippen LogP contribution is -2.61. The second-order valence-electron chi connectivity index (χ2n) is 17.5. The molecule has 0 atom stereocenters. The second kappa shape index (κ2) is 10.8. The molecule has 0 N–H and O–H groups in total. The van der Waals surface area contributed by atoms with Gasteiger partial charge >= 0.3 is 0 Å². The molecule has 0 amide bonds. The van der Waals surface area contributed by atoms with Gasteiger partial charge in [-0.25, -0.2) is 0 Å². The maximum Gasteiger partial charge on any atom is 0.252 e. The summed E-state index contributed by atoms with van der Waals surface area (Å²) in [5.41, 5.74) is 18.0. The monoisotopic (exact) mass is 695 g/mol. The molecule has 0 fully saturated rings. The number of benzene rings is 7. The zero-order chi connectivity index (χ0) is 36.7. The number of hydrogen-bond acceptors (Lipinski definition) is 2. The third kappa shape index (κ3) is 4.25. The molecular weight excluding hydrogens is 653 g/mol. The first-order valence-corrected chi connectivity index (χ1v) is 19.3. The fourth-order valence-corrected chi connectivity index (χ4v) is 9.57. The van der Waals surface area contributed by atoms with Crippen molar-refractivity contribution in [2.45, 2.75) is 52.4 Å². The Balaban J connectivity index is 1.26. The van der Waals surface area contributed by atoms with Gasteiger partial charge < -0.3 is 14.2 Å². The van der Waals surface area contributed by atoms with Crippen molar-refractivity contribution in [3.63, 3.8) is 0 Å². The summed E-state index contributed by atoms with van der Waals surface area (Å²) < 4.78 is 2.51. The first kappa shape index (κ1) is 31.5. The maximum atomic E-state index is 2.54. The summed E-state index contributed by atoms with van der Waals surface area (Å²) in [6.07, 6.45) is 0. The van der Waals surface area contributed by atoms with Gasteiger partial charge in [0.05, 0.1) is 16.6 Å². The summed E-state index contributed by atoms with van der Waals surface area (Å²) in [6, 6.07) is 55.2. The van der Waals surface area contributed by atoms with E-state index in [9.17, 15) is 0 Å². The van der Waals surface area contributed by atoms with E-state index in [0.717, 1.165) is 0 Å². The van der Waals surface area contributed by atoms with Gasteiger partial charge in [0.2, 0.25) is 0 Å². The van der Waals surface area contributed by atoms with Gasteiger partial charge in [-0.05, 0) is 92.9 Å². The summed E-state index contributed by atoms with van der Waals surface area (Å²) >= 11 is 0. The number of aromatic nitrogens is 1. The van der Waals surface area contributed by atoms with Crippen molar-refractivity contribution in [3.05, 3.63) is 157 Å². The lowest BCUT2D eigenvalue weighted by molar-refractivity contribution is 0.590. The van der Waals surface area contributed by atoms with E-state index >= 15 is 0 Å². The number of para-hydroxylation sites is 3. The van der Waals surface area contributed by atoms with Crippen molar-refractivity contribution in [1.29, 1.82) is 0 Å². The fourth-order valence-electron chi connectivity index (χ4n) is 9.57. The van der Waals surface area contributed by atoms with E-state index in [2.05, 4.69) is 201 Å². The Morgan fingerprint density at radius 3 is 1.70 bits per heavy atom. The van der Waals surface area contributed by atoms with Gasteiger partial charge in [-0.3, -0.25) is 0 Å². The average Bonchev–Trinajstić information content (AvgIpc) is 3.68. The van der Waals surface area contributed by atoms with Gasteiger partial charge in [0.1, 0.15) is 0 Å². The molecule has 2 aliphatic rings. The molecule has 4 heteroatoms. The second-order valence-corrected chi connectivity index (χ2v) is 17.5. The molecule has 0 unspecified atom stereocenters. The molecule has 0 saturated heterocycles. The van der Waals surface area contributed by atoms with Crippen LogP contribution in [0, 0.1) is 0 Å². The van der Waals surface area contributed by atoms with Crippen molar-refractivity contribution >= 4 is 95.3 Å². The molecule has 0 saturated carbocycles. The molecule has 2 aliphatic heterocycles. The van der Waals surface area contributed by atoms with Crippen LogP contribution in [0.25, 0.3) is 38.1 Å². The minimum atomic E-state index is -0.000245. The highest BCUT2D eigenvalue weighted by Gasteiger charge is 2.44. The molecule has 2 aromatic heterocycles. The zero-order valence-corrected chi connectivity index (χ0v) is 31.8. The van der Waals surface area contributed by atoms with Crippen molar-refractivity contribution in [3.8, 4) is 0 Å². The number of rotatable bonds is 2. The van der Waals surface area contributed by atoms with Crippen LogP contribution in [-0.2, 0) is 10.8 Å². The van der Waals surface area contributed by atoms with Crippen molar-refractivity contribution in [2.24, 2.45) is 0 Å². The first-order chi connectivity index (χ1) is 26.1. The molecule has 0 spiro atoms. The van der Waals surface area contributed by atoms with Crippen LogP contribution in [0.4, 0.5) is 34.1 Å². The van der Waals surface area contributed by atoms with E-state index < -0.39 is 0 Å². The molecule has 7 aromatic carbocycles. The molecule has 54 heavy (non-hydrogen) atoms. The highest BCUT2D eigenvalue weighted by Crippen LogP contribution is 2.47. The van der Waals surface area contributed by atoms with E-state index in [1.807, 2.05) is 0 Å². The van der Waals surface area contributed by atoms with Crippen LogP contribution in [0.2, 0.25) is 0 Å². The van der Waals surface area contributed by atoms with E-state index in [0.29, 0.717) is 0 Å². The Labute approximate surface area is 317 Å². The van der Waals surface area contributed by atoms with Gasteiger partial charge in [-0.1, -0.05) is 133 Å². The number of anilines is 6. The Morgan fingerprint density at radius 2 is 0.981 bits per heavy atom. The molecular formula is C50H42BN3. The molecule has 0 radical (unpaired) electrons. The van der Waals surface area contributed by atoms with E-state index in [1.54, 1.807) is 0 Å². The molecule has 11 rings (SSSR count). The van der Waals surface area contributed by atoms with Gasteiger partial charge in [-0.2, -0.15) is 0 Å². The lowest BCUT2D eigenvalue weighted by Gasteiger charge is -2.44. The van der Waals surface area contributed by atoms with Crippen LogP contribution < -0.4 is 26.2 Å². The smallest absolute Gasteiger partial charge is 0.252 e. The first-order valence-electron chi connectivity index (χ1n) is 19.3. The average molecular weight is 696 g/mol.